The fraction of sp³-hybridized carbons (Fsp3) is 0. The molecule has 0 saturated carbocycles. The first-order valence-electron chi connectivity index (χ1n) is 3.41. The number of aromatic amines is 1. The Morgan fingerprint density at radius 2 is 2.21 bits per heavy atom. The molecule has 0 saturated heterocycles. The number of fused-ring (bicyclic) bond motifs is 1. The predicted octanol–water partition coefficient (Wildman–Crippen LogP) is 1.73. The smallest absolute Gasteiger partial charge is 0.338 e. The number of aromatic nitrogens is 3. The highest BCUT2D eigenvalue weighted by Crippen LogP contribution is 2.23. The molecule has 0 aliphatic heterocycles. The molecule has 2 aromatic heterocycles. The van der Waals surface area contributed by atoms with Crippen LogP contribution < -0.4 is 0 Å². The first-order chi connectivity index (χ1) is 6.20. The van der Waals surface area contributed by atoms with Gasteiger partial charge in [-0.3, -0.25) is 5.10 Å². The number of aromatic carboxylic acids is 1. The molecule has 2 rings (SSSR count). The number of hydrogen-bond acceptors (Lipinski definition) is 3. The van der Waals surface area contributed by atoms with Gasteiger partial charge >= 0.3 is 5.97 Å². The fourth-order valence-corrected chi connectivity index (χ4v) is 1.29. The zero-order chi connectivity index (χ0) is 9.42. The number of halogens is 2. The van der Waals surface area contributed by atoms with Crippen LogP contribution in [0.4, 0.5) is 0 Å². The molecule has 7 heteroatoms. The van der Waals surface area contributed by atoms with Crippen molar-refractivity contribution in [1.82, 2.24) is 15.2 Å². The van der Waals surface area contributed by atoms with E-state index >= 15 is 0 Å². The Kier molecular flexibility index (Phi) is 2.93. The van der Waals surface area contributed by atoms with E-state index in [1.54, 1.807) is 0 Å². The molecule has 0 bridgehead atoms. The monoisotopic (exact) mass is 233 g/mol. The summed E-state index contributed by atoms with van der Waals surface area (Å²) in [5, 5.41) is 15.7. The Balaban J connectivity index is 0.000000980. The second-order valence-electron chi connectivity index (χ2n) is 2.42. The molecule has 0 amide bonds. The van der Waals surface area contributed by atoms with Crippen LogP contribution in [0.15, 0.2) is 12.4 Å². The van der Waals surface area contributed by atoms with E-state index in [0.29, 0.717) is 11.0 Å². The lowest BCUT2D eigenvalue weighted by molar-refractivity contribution is 0.0697. The first kappa shape index (κ1) is 10.7. The van der Waals surface area contributed by atoms with Crippen LogP contribution in [0.1, 0.15) is 10.4 Å². The third kappa shape index (κ3) is 1.51. The number of carboxylic acids is 1. The number of pyridine rings is 1. The van der Waals surface area contributed by atoms with E-state index < -0.39 is 5.97 Å². The molecule has 0 radical (unpaired) electrons. The van der Waals surface area contributed by atoms with Crippen molar-refractivity contribution in [2.24, 2.45) is 0 Å². The molecule has 0 unspecified atom stereocenters. The lowest BCUT2D eigenvalue weighted by Crippen LogP contribution is -1.98. The summed E-state index contributed by atoms with van der Waals surface area (Å²) < 4.78 is 0. The third-order valence-electron chi connectivity index (χ3n) is 1.65. The van der Waals surface area contributed by atoms with Crippen LogP contribution in [-0.2, 0) is 0 Å². The average molecular weight is 234 g/mol. The van der Waals surface area contributed by atoms with Crippen LogP contribution in [-0.4, -0.2) is 26.3 Å². The van der Waals surface area contributed by atoms with Gasteiger partial charge in [-0.05, 0) is 0 Å². The van der Waals surface area contributed by atoms with Gasteiger partial charge in [0, 0.05) is 6.20 Å². The minimum atomic E-state index is -1.10. The molecule has 14 heavy (non-hydrogen) atoms. The standard InChI is InChI=1S/C7H4ClN3O2.ClH/c8-5-3-2-10-11-6(3)9-1-4(5)7(12)13;/h1-2H,(H,12,13)(H,9,10,11);1H. The van der Waals surface area contributed by atoms with Crippen LogP contribution in [0.2, 0.25) is 5.02 Å². The lowest BCUT2D eigenvalue weighted by atomic mass is 10.2. The van der Waals surface area contributed by atoms with E-state index in [-0.39, 0.29) is 23.0 Å². The number of rotatable bonds is 1. The SMILES string of the molecule is Cl.O=C(O)c1cnc2[nH]ncc2c1Cl. The number of nitrogens with one attached hydrogen (secondary N) is 1. The van der Waals surface area contributed by atoms with E-state index in [1.807, 2.05) is 0 Å². The van der Waals surface area contributed by atoms with E-state index in [2.05, 4.69) is 15.2 Å². The second kappa shape index (κ2) is 3.81. The topological polar surface area (TPSA) is 78.9 Å². The summed E-state index contributed by atoms with van der Waals surface area (Å²) in [5.74, 6) is -1.10. The summed E-state index contributed by atoms with van der Waals surface area (Å²) in [6.07, 6.45) is 2.64. The molecule has 2 aromatic rings. The maximum absolute atomic E-state index is 10.6. The molecule has 0 aliphatic rings. The Hall–Kier alpha value is -1.33. The fourth-order valence-electron chi connectivity index (χ4n) is 1.02. The molecule has 2 heterocycles. The quantitative estimate of drug-likeness (QED) is 0.787. The maximum atomic E-state index is 10.6. The highest BCUT2D eigenvalue weighted by molar-refractivity contribution is 6.37. The molecular weight excluding hydrogens is 229 g/mol. The molecule has 0 fully saturated rings. The number of H-pyrrole nitrogens is 1. The number of nitrogens with zero attached hydrogens (tertiary/aromatic N) is 2. The minimum Gasteiger partial charge on any atom is -0.478 e. The van der Waals surface area contributed by atoms with Crippen molar-refractivity contribution >= 4 is 41.0 Å². The third-order valence-corrected chi connectivity index (χ3v) is 2.05. The van der Waals surface area contributed by atoms with Gasteiger partial charge in [-0.2, -0.15) is 5.10 Å². The van der Waals surface area contributed by atoms with Crippen LogP contribution in [0.5, 0.6) is 0 Å². The Labute approximate surface area is 89.5 Å². The Morgan fingerprint density at radius 1 is 1.50 bits per heavy atom. The Bertz CT molecular complexity index is 483. The predicted molar refractivity (Wildman–Crippen MR) is 53.1 cm³/mol. The average Bonchev–Trinajstić information content (AvgIpc) is 2.52. The van der Waals surface area contributed by atoms with Gasteiger partial charge in [0.25, 0.3) is 0 Å². The summed E-state index contributed by atoms with van der Waals surface area (Å²) in [4.78, 5) is 14.5. The van der Waals surface area contributed by atoms with Crippen molar-refractivity contribution in [1.29, 1.82) is 0 Å². The van der Waals surface area contributed by atoms with Gasteiger partial charge in [0.15, 0.2) is 5.65 Å². The summed E-state index contributed by atoms with van der Waals surface area (Å²) in [5.41, 5.74) is 0.463. The van der Waals surface area contributed by atoms with Gasteiger partial charge < -0.3 is 5.11 Å². The van der Waals surface area contributed by atoms with Crippen molar-refractivity contribution < 1.29 is 9.90 Å². The molecule has 0 aromatic carbocycles. The summed E-state index contributed by atoms with van der Waals surface area (Å²) in [6.45, 7) is 0. The van der Waals surface area contributed by atoms with Gasteiger partial charge in [0.2, 0.25) is 0 Å². The van der Waals surface area contributed by atoms with E-state index in [0.717, 1.165) is 0 Å². The molecule has 5 nitrogen and oxygen atoms in total. The van der Waals surface area contributed by atoms with E-state index in [1.165, 1.54) is 12.4 Å². The van der Waals surface area contributed by atoms with Gasteiger partial charge in [-0.15, -0.1) is 12.4 Å². The zero-order valence-electron chi connectivity index (χ0n) is 6.69. The normalized spacial score (nSPS) is 9.79. The van der Waals surface area contributed by atoms with Crippen LogP contribution in [0, 0.1) is 0 Å². The van der Waals surface area contributed by atoms with Crippen molar-refractivity contribution in [2.75, 3.05) is 0 Å². The van der Waals surface area contributed by atoms with E-state index in [4.69, 9.17) is 16.7 Å². The second-order valence-corrected chi connectivity index (χ2v) is 2.80. The van der Waals surface area contributed by atoms with Gasteiger partial charge in [-0.25, -0.2) is 9.78 Å². The highest BCUT2D eigenvalue weighted by Gasteiger charge is 2.13. The van der Waals surface area contributed by atoms with Gasteiger partial charge in [-0.1, -0.05) is 11.6 Å². The minimum absolute atomic E-state index is 0. The van der Waals surface area contributed by atoms with E-state index in [9.17, 15) is 4.79 Å². The lowest BCUT2D eigenvalue weighted by Gasteiger charge is -1.97. The number of carboxylic acid groups (broad SMARTS) is 1. The van der Waals surface area contributed by atoms with Gasteiger partial charge in [0.05, 0.1) is 22.2 Å². The van der Waals surface area contributed by atoms with Crippen LogP contribution in [0.3, 0.4) is 0 Å². The number of hydrogen-bond donors (Lipinski definition) is 2. The van der Waals surface area contributed by atoms with Crippen molar-refractivity contribution in [3.8, 4) is 0 Å². The maximum Gasteiger partial charge on any atom is 0.338 e. The zero-order valence-corrected chi connectivity index (χ0v) is 8.26. The van der Waals surface area contributed by atoms with Crippen LogP contribution in [0.25, 0.3) is 11.0 Å². The van der Waals surface area contributed by atoms with Crippen molar-refractivity contribution in [3.05, 3.63) is 23.0 Å². The highest BCUT2D eigenvalue weighted by atomic mass is 35.5. The summed E-state index contributed by atoms with van der Waals surface area (Å²) in [6, 6.07) is 0. The molecule has 2 N–H and O–H groups in total. The summed E-state index contributed by atoms with van der Waals surface area (Å²) >= 11 is 5.80. The summed E-state index contributed by atoms with van der Waals surface area (Å²) in [7, 11) is 0. The molecule has 0 atom stereocenters. The largest absolute Gasteiger partial charge is 0.478 e. The van der Waals surface area contributed by atoms with Crippen LogP contribution >= 0.6 is 24.0 Å². The Morgan fingerprint density at radius 3 is 2.86 bits per heavy atom. The molecular formula is C7H5Cl2N3O2. The number of carbonyl (C=O) groups is 1. The molecule has 74 valence electrons. The molecule has 0 spiro atoms. The molecule has 0 aliphatic carbocycles. The van der Waals surface area contributed by atoms with Crippen molar-refractivity contribution in [2.45, 2.75) is 0 Å². The first-order valence-corrected chi connectivity index (χ1v) is 3.79. The van der Waals surface area contributed by atoms with Gasteiger partial charge in [0.1, 0.15) is 0 Å². The van der Waals surface area contributed by atoms with Crippen molar-refractivity contribution in [3.63, 3.8) is 0 Å².